The van der Waals surface area contributed by atoms with Crippen LogP contribution in [0.25, 0.3) is 5.69 Å². The summed E-state index contributed by atoms with van der Waals surface area (Å²) < 4.78 is 1.94. The van der Waals surface area contributed by atoms with Gasteiger partial charge in [-0.3, -0.25) is 4.79 Å². The van der Waals surface area contributed by atoms with Gasteiger partial charge in [0, 0.05) is 56.3 Å². The van der Waals surface area contributed by atoms with Gasteiger partial charge in [0.1, 0.15) is 0 Å². The quantitative estimate of drug-likeness (QED) is 0.509. The third kappa shape index (κ3) is 5.97. The van der Waals surface area contributed by atoms with Crippen molar-refractivity contribution in [3.63, 3.8) is 0 Å². The number of amides is 1. The topological polar surface area (TPSA) is 73.6 Å². The molecule has 7 nitrogen and oxygen atoms in total. The fraction of sp³-hybridized carbons (Fsp3) is 0.448. The van der Waals surface area contributed by atoms with Crippen LogP contribution in [0, 0.1) is 5.92 Å². The molecule has 5 rings (SSSR count). The first-order chi connectivity index (χ1) is 17.7. The smallest absolute Gasteiger partial charge is 0.253 e. The monoisotopic (exact) mass is 487 g/mol. The molecule has 1 aromatic heterocycles. The number of piperidine rings is 2. The van der Waals surface area contributed by atoms with Gasteiger partial charge in [0.05, 0.1) is 11.9 Å². The number of likely N-dealkylation sites (tertiary alicyclic amines) is 1. The molecule has 0 aliphatic carbocycles. The summed E-state index contributed by atoms with van der Waals surface area (Å²) in [7, 11) is 0. The third-order valence-electron chi connectivity index (χ3n) is 7.54. The van der Waals surface area contributed by atoms with Gasteiger partial charge in [-0.25, -0.2) is 4.68 Å². The number of benzene rings is 2. The van der Waals surface area contributed by atoms with Crippen LogP contribution in [-0.4, -0.2) is 71.1 Å². The summed E-state index contributed by atoms with van der Waals surface area (Å²) in [6.45, 7) is 4.59. The van der Waals surface area contributed by atoms with E-state index in [0.29, 0.717) is 12.6 Å². The van der Waals surface area contributed by atoms with Crippen LogP contribution in [0.1, 0.15) is 41.6 Å². The lowest BCUT2D eigenvalue weighted by molar-refractivity contribution is 0.0620. The number of carbonyl (C=O) groups is 1. The van der Waals surface area contributed by atoms with Crippen molar-refractivity contribution in [1.29, 1.82) is 0 Å². The van der Waals surface area contributed by atoms with Crippen LogP contribution < -0.4 is 10.2 Å². The van der Waals surface area contributed by atoms with Crippen LogP contribution in [0.2, 0.25) is 0 Å². The van der Waals surface area contributed by atoms with E-state index in [1.54, 1.807) is 0 Å². The molecule has 0 spiro atoms. The summed E-state index contributed by atoms with van der Waals surface area (Å²) in [5.74, 6) is 0.292. The fourth-order valence-corrected chi connectivity index (χ4v) is 5.37. The second kappa shape index (κ2) is 11.7. The molecule has 3 heterocycles. The van der Waals surface area contributed by atoms with E-state index in [9.17, 15) is 9.90 Å². The van der Waals surface area contributed by atoms with Crippen molar-refractivity contribution in [1.82, 2.24) is 20.0 Å². The zero-order valence-electron chi connectivity index (χ0n) is 20.9. The van der Waals surface area contributed by atoms with E-state index >= 15 is 0 Å². The highest BCUT2D eigenvalue weighted by atomic mass is 16.3. The molecule has 0 radical (unpaired) electrons. The van der Waals surface area contributed by atoms with Crippen molar-refractivity contribution in [2.45, 2.75) is 38.1 Å². The van der Waals surface area contributed by atoms with Gasteiger partial charge in [-0.1, -0.05) is 18.2 Å². The van der Waals surface area contributed by atoms with Gasteiger partial charge in [-0.05, 0) is 86.5 Å². The largest absolute Gasteiger partial charge is 0.396 e. The molecular formula is C29H37N5O2. The van der Waals surface area contributed by atoms with Gasteiger partial charge in [0.2, 0.25) is 0 Å². The van der Waals surface area contributed by atoms with Crippen molar-refractivity contribution >= 4 is 11.6 Å². The first-order valence-corrected chi connectivity index (χ1v) is 13.3. The molecule has 2 aliphatic rings. The Labute approximate surface area is 213 Å². The third-order valence-corrected chi connectivity index (χ3v) is 7.54. The van der Waals surface area contributed by atoms with Crippen LogP contribution >= 0.6 is 0 Å². The number of nitrogens with zero attached hydrogens (tertiary/aromatic N) is 4. The van der Waals surface area contributed by atoms with E-state index in [4.69, 9.17) is 0 Å². The molecule has 2 saturated heterocycles. The van der Waals surface area contributed by atoms with Crippen LogP contribution in [0.4, 0.5) is 5.69 Å². The zero-order valence-corrected chi connectivity index (χ0v) is 20.9. The SMILES string of the molecule is O=C(c1ccc(N2CCC(NCCc3cnn(-c4ccccc4)c3)CC2)cc1)N1CCC[C@H](CO)C1. The predicted octanol–water partition coefficient (Wildman–Crippen LogP) is 3.52. The van der Waals surface area contributed by atoms with Crippen LogP contribution in [0.15, 0.2) is 67.0 Å². The van der Waals surface area contributed by atoms with Gasteiger partial charge >= 0.3 is 0 Å². The average Bonchev–Trinajstić information content (AvgIpc) is 3.43. The second-order valence-corrected chi connectivity index (χ2v) is 10.1. The van der Waals surface area contributed by atoms with Gasteiger partial charge in [-0.15, -0.1) is 0 Å². The van der Waals surface area contributed by atoms with Crippen LogP contribution in [-0.2, 0) is 6.42 Å². The maximum atomic E-state index is 12.9. The Bertz CT molecular complexity index is 1110. The molecule has 1 atom stereocenters. The number of aromatic nitrogens is 2. The first-order valence-electron chi connectivity index (χ1n) is 13.3. The summed E-state index contributed by atoms with van der Waals surface area (Å²) in [4.78, 5) is 17.2. The maximum Gasteiger partial charge on any atom is 0.253 e. The van der Waals surface area contributed by atoms with Crippen molar-refractivity contribution in [2.75, 3.05) is 44.2 Å². The molecule has 190 valence electrons. The van der Waals surface area contributed by atoms with Crippen LogP contribution in [0.3, 0.4) is 0 Å². The molecule has 2 N–H and O–H groups in total. The molecule has 3 aromatic rings. The Morgan fingerprint density at radius 3 is 2.50 bits per heavy atom. The molecule has 7 heteroatoms. The van der Waals surface area contributed by atoms with E-state index in [1.165, 1.54) is 11.3 Å². The molecule has 0 saturated carbocycles. The van der Waals surface area contributed by atoms with Crippen molar-refractivity contribution < 1.29 is 9.90 Å². The summed E-state index contributed by atoms with van der Waals surface area (Å²) in [6.07, 6.45) is 9.24. The van der Waals surface area contributed by atoms with Gasteiger partial charge in [-0.2, -0.15) is 5.10 Å². The lowest BCUT2D eigenvalue weighted by Gasteiger charge is -2.34. The molecule has 0 unspecified atom stereocenters. The van der Waals surface area contributed by atoms with Crippen LogP contribution in [0.5, 0.6) is 0 Å². The summed E-state index contributed by atoms with van der Waals surface area (Å²) in [5, 5.41) is 17.7. The highest BCUT2D eigenvalue weighted by Crippen LogP contribution is 2.23. The molecule has 2 aromatic carbocycles. The Hall–Kier alpha value is -3.16. The Morgan fingerprint density at radius 2 is 1.75 bits per heavy atom. The van der Waals surface area contributed by atoms with Crippen molar-refractivity contribution in [2.24, 2.45) is 5.92 Å². The second-order valence-electron chi connectivity index (χ2n) is 10.1. The minimum absolute atomic E-state index is 0.0805. The summed E-state index contributed by atoms with van der Waals surface area (Å²) >= 11 is 0. The number of para-hydroxylation sites is 1. The Balaban J connectivity index is 1.05. The molecule has 2 fully saturated rings. The number of aliphatic hydroxyl groups excluding tert-OH is 1. The lowest BCUT2D eigenvalue weighted by atomic mass is 9.98. The van der Waals surface area contributed by atoms with Gasteiger partial charge < -0.3 is 20.2 Å². The van der Waals surface area contributed by atoms with Gasteiger partial charge in [0.15, 0.2) is 0 Å². The predicted molar refractivity (Wildman–Crippen MR) is 143 cm³/mol. The van der Waals surface area contributed by atoms with Crippen molar-refractivity contribution in [3.8, 4) is 5.69 Å². The summed E-state index contributed by atoms with van der Waals surface area (Å²) in [5.41, 5.74) is 4.26. The number of anilines is 1. The average molecular weight is 488 g/mol. The Morgan fingerprint density at radius 1 is 0.972 bits per heavy atom. The standard InChI is InChI=1S/C29H37N5O2/c35-22-24-5-4-16-33(20-24)29(36)25-8-10-27(11-9-25)32-17-13-26(14-18-32)30-15-12-23-19-31-34(21-23)28-6-2-1-3-7-28/h1-3,6-11,19,21,24,26,30,35H,4-5,12-18,20,22H2/t24-/m0/s1. The maximum absolute atomic E-state index is 12.9. The molecular weight excluding hydrogens is 450 g/mol. The first kappa shape index (κ1) is 24.5. The number of hydrogen-bond acceptors (Lipinski definition) is 5. The van der Waals surface area contributed by atoms with E-state index in [0.717, 1.165) is 69.5 Å². The summed E-state index contributed by atoms with van der Waals surface area (Å²) in [6, 6.07) is 18.8. The minimum atomic E-state index is 0.0805. The highest BCUT2D eigenvalue weighted by Gasteiger charge is 2.24. The fourth-order valence-electron chi connectivity index (χ4n) is 5.37. The number of aliphatic hydroxyl groups is 1. The van der Waals surface area contributed by atoms with E-state index in [-0.39, 0.29) is 18.4 Å². The molecule has 0 bridgehead atoms. The number of hydrogen-bond donors (Lipinski definition) is 2. The number of carbonyl (C=O) groups excluding carboxylic acids is 1. The highest BCUT2D eigenvalue weighted by molar-refractivity contribution is 5.94. The molecule has 2 aliphatic heterocycles. The van der Waals surface area contributed by atoms with E-state index in [1.807, 2.05) is 46.1 Å². The zero-order chi connectivity index (χ0) is 24.7. The molecule has 1 amide bonds. The minimum Gasteiger partial charge on any atom is -0.396 e. The van der Waals surface area contributed by atoms with Crippen molar-refractivity contribution in [3.05, 3.63) is 78.1 Å². The van der Waals surface area contributed by atoms with Gasteiger partial charge in [0.25, 0.3) is 5.91 Å². The Kier molecular flexibility index (Phi) is 7.98. The number of rotatable bonds is 8. The number of nitrogens with one attached hydrogen (secondary N) is 1. The molecule has 36 heavy (non-hydrogen) atoms. The van der Waals surface area contributed by atoms with E-state index < -0.39 is 0 Å². The normalized spacial score (nSPS) is 19.0. The van der Waals surface area contributed by atoms with E-state index in [2.05, 4.69) is 45.8 Å². The lowest BCUT2D eigenvalue weighted by Crippen LogP contribution is -2.43.